The van der Waals surface area contributed by atoms with Gasteiger partial charge in [0.1, 0.15) is 13.2 Å². The van der Waals surface area contributed by atoms with Gasteiger partial charge >= 0.3 is 12.1 Å². The van der Waals surface area contributed by atoms with E-state index in [2.05, 4.69) is 37.3 Å². The van der Waals surface area contributed by atoms with Crippen LogP contribution in [0, 0.1) is 5.92 Å². The Kier molecular flexibility index (Phi) is 6.99. The van der Waals surface area contributed by atoms with Gasteiger partial charge in [-0.25, -0.2) is 9.78 Å². The smallest absolute Gasteiger partial charge is 0.486 e. The Morgan fingerprint density at radius 3 is 2.71 bits per heavy atom. The minimum absolute atomic E-state index is 0.248. The third-order valence-electron chi connectivity index (χ3n) is 7.12. The lowest BCUT2D eigenvalue weighted by Gasteiger charge is -2.41. The van der Waals surface area contributed by atoms with E-state index < -0.39 is 12.1 Å². The summed E-state index contributed by atoms with van der Waals surface area (Å²) in [5.41, 5.74) is 1.84. The van der Waals surface area contributed by atoms with Crippen LogP contribution in [0.1, 0.15) is 56.6 Å². The number of alkyl halides is 3. The van der Waals surface area contributed by atoms with E-state index in [1.54, 1.807) is 0 Å². The Balaban J connectivity index is 0.000000374. The van der Waals surface area contributed by atoms with Gasteiger partial charge in [-0.05, 0) is 47.7 Å². The lowest BCUT2D eigenvalue weighted by molar-refractivity contribution is -0.192. The predicted octanol–water partition coefficient (Wildman–Crippen LogP) is 3.40. The summed E-state index contributed by atoms with van der Waals surface area (Å²) in [4.78, 5) is 13.2. The van der Waals surface area contributed by atoms with Gasteiger partial charge < -0.3 is 19.1 Å². The molecule has 3 aromatic rings. The second-order valence-corrected chi connectivity index (χ2v) is 9.83. The molecule has 2 aliphatic heterocycles. The third-order valence-corrected chi connectivity index (χ3v) is 7.12. The summed E-state index contributed by atoms with van der Waals surface area (Å²) in [6.07, 6.45) is 4.27. The summed E-state index contributed by atoms with van der Waals surface area (Å²) >= 11 is 0. The summed E-state index contributed by atoms with van der Waals surface area (Å²) < 4.78 is 47.3. The Hall–Kier alpha value is -3.68. The van der Waals surface area contributed by atoms with Crippen LogP contribution in [0.5, 0.6) is 11.5 Å². The van der Waals surface area contributed by atoms with Crippen molar-refractivity contribution in [1.29, 1.82) is 0 Å². The third kappa shape index (κ3) is 5.17. The van der Waals surface area contributed by atoms with Crippen LogP contribution in [-0.2, 0) is 16.9 Å². The number of nitrogens with one attached hydrogen (secondary N) is 1. The number of benzene rings is 1. The fourth-order valence-corrected chi connectivity index (χ4v) is 5.48. The summed E-state index contributed by atoms with van der Waals surface area (Å²) in [6.45, 7) is 4.45. The normalized spacial score (nSPS) is 24.3. The molecule has 1 fully saturated rings. The van der Waals surface area contributed by atoms with Crippen molar-refractivity contribution in [1.82, 2.24) is 35.1 Å². The summed E-state index contributed by atoms with van der Waals surface area (Å²) in [7, 11) is 0. The average Bonchev–Trinajstić information content (AvgIpc) is 3.63. The molecule has 0 radical (unpaired) electrons. The zero-order valence-electron chi connectivity index (χ0n) is 20.7. The molecule has 11 nitrogen and oxygen atoms in total. The monoisotopic (exact) mass is 535 g/mol. The van der Waals surface area contributed by atoms with Crippen LogP contribution in [-0.4, -0.2) is 60.2 Å². The molecule has 2 unspecified atom stereocenters. The van der Waals surface area contributed by atoms with Crippen LogP contribution >= 0.6 is 0 Å². The number of ether oxygens (including phenoxy) is 2. The number of nitrogens with zero attached hydrogens (tertiary/aromatic N) is 6. The number of carbonyl (C=O) groups is 1. The number of imidazole rings is 1. The van der Waals surface area contributed by atoms with Crippen molar-refractivity contribution in [2.75, 3.05) is 13.2 Å². The molecule has 6 rings (SSSR count). The van der Waals surface area contributed by atoms with Crippen molar-refractivity contribution in [2.45, 2.75) is 63.3 Å². The first-order valence-corrected chi connectivity index (χ1v) is 12.4. The molecule has 1 saturated carbocycles. The fraction of sp³-hybridized carbons (Fsp3) is 0.542. The van der Waals surface area contributed by atoms with Crippen molar-refractivity contribution in [2.24, 2.45) is 5.92 Å². The van der Waals surface area contributed by atoms with E-state index in [0.717, 1.165) is 55.2 Å². The number of carboxylic acids is 1. The van der Waals surface area contributed by atoms with Crippen molar-refractivity contribution in [3.05, 3.63) is 42.2 Å². The fourth-order valence-electron chi connectivity index (χ4n) is 5.48. The van der Waals surface area contributed by atoms with Gasteiger partial charge in [-0.1, -0.05) is 19.8 Å². The van der Waals surface area contributed by atoms with Gasteiger partial charge in [0.05, 0.1) is 29.3 Å². The Morgan fingerprint density at radius 2 is 1.97 bits per heavy atom. The number of rotatable bonds is 4. The van der Waals surface area contributed by atoms with E-state index in [4.69, 9.17) is 19.4 Å². The molecule has 3 aliphatic rings. The Morgan fingerprint density at radius 1 is 1.21 bits per heavy atom. The Bertz CT molecular complexity index is 1290. The van der Waals surface area contributed by atoms with E-state index in [1.807, 2.05) is 35.4 Å². The lowest BCUT2D eigenvalue weighted by atomic mass is 9.75. The molecule has 0 bridgehead atoms. The largest absolute Gasteiger partial charge is 0.490 e. The number of aryl methyl sites for hydroxylation is 1. The maximum atomic E-state index is 10.6. The van der Waals surface area contributed by atoms with E-state index in [-0.39, 0.29) is 11.6 Å². The SMILES string of the molecule is C[C@@H]1CCCC(NC2CCn3cncc32)(c2nnnn2-c2ccc3c(c2)OCCO3)C1.O=C(O)C(F)(F)F. The van der Waals surface area contributed by atoms with Gasteiger partial charge in [0, 0.05) is 18.8 Å². The minimum Gasteiger partial charge on any atom is -0.486 e. The molecule has 1 aromatic carbocycles. The van der Waals surface area contributed by atoms with Crippen LogP contribution in [0.4, 0.5) is 13.2 Å². The molecule has 204 valence electrons. The first-order chi connectivity index (χ1) is 18.2. The lowest BCUT2D eigenvalue weighted by Crippen LogP contribution is -2.49. The van der Waals surface area contributed by atoms with Gasteiger partial charge in [-0.2, -0.15) is 17.9 Å². The van der Waals surface area contributed by atoms with E-state index in [0.29, 0.717) is 19.1 Å². The van der Waals surface area contributed by atoms with Crippen LogP contribution < -0.4 is 14.8 Å². The van der Waals surface area contributed by atoms with Gasteiger partial charge in [-0.3, -0.25) is 5.32 Å². The molecule has 3 atom stereocenters. The van der Waals surface area contributed by atoms with Crippen molar-refractivity contribution in [3.8, 4) is 17.2 Å². The number of tetrazole rings is 1. The molecular formula is C24H28F3N7O4. The maximum Gasteiger partial charge on any atom is 0.490 e. The first kappa shape index (κ1) is 25.9. The number of carboxylic acid groups (broad SMARTS) is 1. The van der Waals surface area contributed by atoms with Crippen LogP contribution in [0.25, 0.3) is 5.69 Å². The highest BCUT2D eigenvalue weighted by Crippen LogP contribution is 2.43. The topological polar surface area (TPSA) is 129 Å². The zero-order chi connectivity index (χ0) is 26.9. The highest BCUT2D eigenvalue weighted by Gasteiger charge is 2.44. The molecule has 0 spiro atoms. The van der Waals surface area contributed by atoms with Gasteiger partial charge in [-0.15, -0.1) is 5.10 Å². The molecule has 14 heteroatoms. The summed E-state index contributed by atoms with van der Waals surface area (Å²) in [6, 6.07) is 6.16. The summed E-state index contributed by atoms with van der Waals surface area (Å²) in [5.74, 6) is 0.214. The maximum absolute atomic E-state index is 10.6. The van der Waals surface area contributed by atoms with Crippen LogP contribution in [0.2, 0.25) is 0 Å². The quantitative estimate of drug-likeness (QED) is 0.516. The molecular weight excluding hydrogens is 507 g/mol. The summed E-state index contributed by atoms with van der Waals surface area (Å²) in [5, 5.41) is 24.2. The number of hydrogen-bond acceptors (Lipinski definition) is 8. The van der Waals surface area contributed by atoms with Gasteiger partial charge in [0.25, 0.3) is 0 Å². The molecule has 2 N–H and O–H groups in total. The van der Waals surface area contributed by atoms with Gasteiger partial charge in [0.15, 0.2) is 17.3 Å². The number of halogens is 3. The number of aromatic nitrogens is 6. The number of fused-ring (bicyclic) bond motifs is 2. The van der Waals surface area contributed by atoms with E-state index in [1.165, 1.54) is 12.1 Å². The second-order valence-electron chi connectivity index (χ2n) is 9.83. The van der Waals surface area contributed by atoms with Gasteiger partial charge in [0.2, 0.25) is 0 Å². The highest BCUT2D eigenvalue weighted by molar-refractivity contribution is 5.73. The molecule has 2 aromatic heterocycles. The average molecular weight is 536 g/mol. The van der Waals surface area contributed by atoms with Crippen LogP contribution in [0.15, 0.2) is 30.7 Å². The highest BCUT2D eigenvalue weighted by atomic mass is 19.4. The van der Waals surface area contributed by atoms with E-state index in [9.17, 15) is 13.2 Å². The van der Waals surface area contributed by atoms with E-state index >= 15 is 0 Å². The van der Waals surface area contributed by atoms with Crippen molar-refractivity contribution in [3.63, 3.8) is 0 Å². The number of aliphatic carboxylic acids is 1. The molecule has 0 saturated heterocycles. The first-order valence-electron chi connectivity index (χ1n) is 12.4. The standard InChI is InChI=1S/C22H27N7O2.C2HF3O2/c1-15-3-2-7-22(12-15,24-17-6-8-28-14-23-13-18(17)28)21-25-26-27-29(21)16-4-5-19-20(11-16)31-10-9-30-19;3-2(4,5)1(6)7/h4-5,11,13-15,17,24H,2-3,6-10,12H2,1H3;(H,6,7)/t15-,17?,22?;/m1./s1. The molecule has 1 aliphatic carbocycles. The molecule has 4 heterocycles. The number of hydrogen-bond donors (Lipinski definition) is 2. The van der Waals surface area contributed by atoms with Crippen molar-refractivity contribution >= 4 is 5.97 Å². The van der Waals surface area contributed by atoms with Crippen molar-refractivity contribution < 1.29 is 32.5 Å². The predicted molar refractivity (Wildman–Crippen MR) is 126 cm³/mol. The second kappa shape index (κ2) is 10.2. The minimum atomic E-state index is -5.08. The molecule has 38 heavy (non-hydrogen) atoms. The van der Waals surface area contributed by atoms with Crippen LogP contribution in [0.3, 0.4) is 0 Å². The zero-order valence-corrected chi connectivity index (χ0v) is 20.7. The Labute approximate surface area is 215 Å². The molecule has 0 amide bonds.